The maximum Gasteiger partial charge on any atom is 0.227 e. The zero-order valence-corrected chi connectivity index (χ0v) is 14.6. The lowest BCUT2D eigenvalue weighted by Gasteiger charge is -2.17. The van der Waals surface area contributed by atoms with Crippen molar-refractivity contribution in [1.82, 2.24) is 14.8 Å². The minimum atomic E-state index is 0.0823. The summed E-state index contributed by atoms with van der Waals surface area (Å²) in [4.78, 5) is 18.0. The monoisotopic (exact) mass is 368 g/mol. The maximum absolute atomic E-state index is 12.2. The summed E-state index contributed by atoms with van der Waals surface area (Å²) in [6.07, 6.45) is 5.96. The number of hydrogen-bond acceptors (Lipinski definition) is 4. The molecule has 0 N–H and O–H groups in total. The molecule has 0 bridgehead atoms. The van der Waals surface area contributed by atoms with Gasteiger partial charge in [0.25, 0.3) is 0 Å². The molecule has 0 radical (unpaired) electrons. The molecule has 2 rings (SSSR count). The molecule has 0 spiro atoms. The van der Waals surface area contributed by atoms with E-state index in [2.05, 4.69) is 26.0 Å². The summed E-state index contributed by atoms with van der Waals surface area (Å²) in [5.41, 5.74) is 2.44. The zero-order chi connectivity index (χ0) is 15.4. The number of hydrogen-bond donors (Lipinski definition) is 0. The van der Waals surface area contributed by atoms with Crippen molar-refractivity contribution in [3.8, 4) is 5.69 Å². The molecule has 0 fully saturated rings. The van der Waals surface area contributed by atoms with Crippen LogP contribution in [-0.4, -0.2) is 39.7 Å². The van der Waals surface area contributed by atoms with Crippen LogP contribution in [0.5, 0.6) is 0 Å². The van der Waals surface area contributed by atoms with Crippen molar-refractivity contribution in [2.45, 2.75) is 13.3 Å². The molecule has 1 amide bonds. The Hall–Kier alpha value is -1.34. The third kappa shape index (κ3) is 3.47. The van der Waals surface area contributed by atoms with Gasteiger partial charge in [0.15, 0.2) is 0 Å². The van der Waals surface area contributed by atoms with Crippen LogP contribution in [0, 0.1) is 6.92 Å². The molecule has 0 aromatic carbocycles. The first kappa shape index (κ1) is 16.0. The van der Waals surface area contributed by atoms with Gasteiger partial charge in [-0.1, -0.05) is 0 Å². The molecule has 2 aromatic rings. The summed E-state index contributed by atoms with van der Waals surface area (Å²) in [5.74, 6) is 0.898. The second-order valence-electron chi connectivity index (χ2n) is 4.54. The smallest absolute Gasteiger partial charge is 0.227 e. The molecule has 2 heterocycles. The normalized spacial score (nSPS) is 10.7. The van der Waals surface area contributed by atoms with E-state index in [0.717, 1.165) is 27.4 Å². The molecule has 0 aliphatic carbocycles. The molecule has 0 atom stereocenters. The van der Waals surface area contributed by atoms with Crippen LogP contribution in [0.2, 0.25) is 0 Å². The van der Waals surface area contributed by atoms with Crippen LogP contribution >= 0.6 is 27.7 Å². The third-order valence-electron chi connectivity index (χ3n) is 3.09. The van der Waals surface area contributed by atoms with Crippen LogP contribution in [0.4, 0.5) is 5.69 Å². The molecule has 0 unspecified atom stereocenters. The number of anilines is 1. The molecule has 112 valence electrons. The first-order chi connectivity index (χ1) is 10.1. The fourth-order valence-electron chi connectivity index (χ4n) is 2.00. The summed E-state index contributed by atoms with van der Waals surface area (Å²) < 4.78 is 2.50. The molecular weight excluding hydrogens is 352 g/mol. The van der Waals surface area contributed by atoms with Gasteiger partial charge in [0, 0.05) is 25.4 Å². The van der Waals surface area contributed by atoms with Crippen molar-refractivity contribution >= 4 is 39.3 Å². The number of thioether (sulfide) groups is 1. The predicted molar refractivity (Wildman–Crippen MR) is 90.2 cm³/mol. The average Bonchev–Trinajstić information content (AvgIpc) is 2.80. The molecular formula is C14H17BrN4OS. The highest BCUT2D eigenvalue weighted by Crippen LogP contribution is 2.31. The van der Waals surface area contributed by atoms with Gasteiger partial charge in [0.05, 0.1) is 23.3 Å². The number of aryl methyl sites for hydroxylation is 1. The number of pyridine rings is 1. The molecule has 2 aromatic heterocycles. The summed E-state index contributed by atoms with van der Waals surface area (Å²) >= 11 is 5.21. The minimum absolute atomic E-state index is 0.0823. The van der Waals surface area contributed by atoms with Gasteiger partial charge in [-0.2, -0.15) is 16.9 Å². The molecule has 7 heteroatoms. The van der Waals surface area contributed by atoms with Crippen LogP contribution in [0.25, 0.3) is 5.69 Å². The second-order valence-corrected chi connectivity index (χ2v) is 6.28. The summed E-state index contributed by atoms with van der Waals surface area (Å²) in [6, 6.07) is 3.77. The van der Waals surface area contributed by atoms with Crippen molar-refractivity contribution in [2.24, 2.45) is 0 Å². The Morgan fingerprint density at radius 1 is 1.52 bits per heavy atom. The molecule has 0 aliphatic rings. The Balaban J connectivity index is 2.34. The Morgan fingerprint density at radius 3 is 2.90 bits per heavy atom. The van der Waals surface area contributed by atoms with Gasteiger partial charge in [0.2, 0.25) is 5.91 Å². The minimum Gasteiger partial charge on any atom is -0.311 e. The largest absolute Gasteiger partial charge is 0.311 e. The van der Waals surface area contributed by atoms with Gasteiger partial charge in [-0.05, 0) is 41.2 Å². The van der Waals surface area contributed by atoms with E-state index in [1.165, 1.54) is 0 Å². The summed E-state index contributed by atoms with van der Waals surface area (Å²) in [7, 11) is 1.78. The van der Waals surface area contributed by atoms with E-state index in [-0.39, 0.29) is 5.91 Å². The number of amides is 1. The highest BCUT2D eigenvalue weighted by Gasteiger charge is 2.21. The number of rotatable bonds is 5. The lowest BCUT2D eigenvalue weighted by molar-refractivity contribution is -0.117. The number of aromatic nitrogens is 3. The van der Waals surface area contributed by atoms with Crippen molar-refractivity contribution in [3.63, 3.8) is 0 Å². The van der Waals surface area contributed by atoms with Gasteiger partial charge in [0.1, 0.15) is 4.60 Å². The van der Waals surface area contributed by atoms with Crippen LogP contribution < -0.4 is 4.90 Å². The van der Waals surface area contributed by atoms with E-state index in [1.54, 1.807) is 40.8 Å². The van der Waals surface area contributed by atoms with Crippen molar-refractivity contribution < 1.29 is 4.79 Å². The van der Waals surface area contributed by atoms with Crippen LogP contribution in [-0.2, 0) is 4.79 Å². The number of carbonyl (C=O) groups is 1. The Labute approximate surface area is 136 Å². The van der Waals surface area contributed by atoms with Gasteiger partial charge in [-0.3, -0.25) is 9.78 Å². The Morgan fingerprint density at radius 2 is 2.29 bits per heavy atom. The lowest BCUT2D eigenvalue weighted by atomic mass is 10.3. The number of carbonyl (C=O) groups excluding carboxylic acids is 1. The van der Waals surface area contributed by atoms with E-state index >= 15 is 0 Å². The van der Waals surface area contributed by atoms with Crippen molar-refractivity contribution in [3.05, 3.63) is 34.8 Å². The Bertz CT molecular complexity index is 629. The fourth-order valence-corrected chi connectivity index (χ4v) is 3.22. The number of halogens is 1. The van der Waals surface area contributed by atoms with Crippen LogP contribution in [0.3, 0.4) is 0 Å². The highest BCUT2D eigenvalue weighted by atomic mass is 79.9. The van der Waals surface area contributed by atoms with Gasteiger partial charge < -0.3 is 4.90 Å². The maximum atomic E-state index is 12.2. The highest BCUT2D eigenvalue weighted by molar-refractivity contribution is 9.10. The van der Waals surface area contributed by atoms with Crippen molar-refractivity contribution in [2.75, 3.05) is 24.0 Å². The molecule has 21 heavy (non-hydrogen) atoms. The average molecular weight is 369 g/mol. The molecule has 0 saturated heterocycles. The molecule has 0 saturated carbocycles. The van der Waals surface area contributed by atoms with Crippen molar-refractivity contribution in [1.29, 1.82) is 0 Å². The van der Waals surface area contributed by atoms with Gasteiger partial charge in [-0.15, -0.1) is 0 Å². The predicted octanol–water partition coefficient (Wildman–Crippen LogP) is 3.05. The summed E-state index contributed by atoms with van der Waals surface area (Å²) in [5, 5.41) is 4.49. The van der Waals surface area contributed by atoms with Gasteiger partial charge >= 0.3 is 0 Å². The van der Waals surface area contributed by atoms with Crippen LogP contribution in [0.15, 0.2) is 29.1 Å². The molecule has 0 aliphatic heterocycles. The SMILES string of the molecule is CSCCC(=O)N(C)c1c(C)nn(-c2cccnc2)c1Br. The third-order valence-corrected chi connectivity index (χ3v) is 4.42. The first-order valence-corrected chi connectivity index (χ1v) is 8.66. The zero-order valence-electron chi connectivity index (χ0n) is 12.2. The first-order valence-electron chi connectivity index (χ1n) is 6.47. The van der Waals surface area contributed by atoms with Crippen LogP contribution in [0.1, 0.15) is 12.1 Å². The van der Waals surface area contributed by atoms with E-state index < -0.39 is 0 Å². The molecule has 5 nitrogen and oxygen atoms in total. The quantitative estimate of drug-likeness (QED) is 0.813. The van der Waals surface area contributed by atoms with E-state index in [1.807, 2.05) is 25.3 Å². The number of nitrogens with zero attached hydrogens (tertiary/aromatic N) is 4. The topological polar surface area (TPSA) is 51.0 Å². The van der Waals surface area contributed by atoms with Gasteiger partial charge in [-0.25, -0.2) is 4.68 Å². The lowest BCUT2D eigenvalue weighted by Crippen LogP contribution is -2.27. The fraction of sp³-hybridized carbons (Fsp3) is 0.357. The van der Waals surface area contributed by atoms with E-state index in [4.69, 9.17) is 0 Å². The van der Waals surface area contributed by atoms with E-state index in [9.17, 15) is 4.79 Å². The Kier molecular flexibility index (Phi) is 5.41. The summed E-state index contributed by atoms with van der Waals surface area (Å²) in [6.45, 7) is 1.89. The second kappa shape index (κ2) is 7.09. The van der Waals surface area contributed by atoms with E-state index in [0.29, 0.717) is 6.42 Å². The standard InChI is InChI=1S/C14H17BrN4OS/c1-10-13(18(2)12(20)6-8-21-3)14(15)19(17-10)11-5-4-7-16-9-11/h4-5,7,9H,6,8H2,1-3H3.